The third-order valence-electron chi connectivity index (χ3n) is 1.92. The molecule has 0 aliphatic heterocycles. The topological polar surface area (TPSA) is 74.4 Å². The van der Waals surface area contributed by atoms with Crippen LogP contribution in [0.25, 0.3) is 0 Å². The minimum atomic E-state index is -2.82. The standard InChI is InChI=1S/C10H12F2N2O3/c1-3-17-10(15)7-8(16-2)5(13)4-6(14-7)9(11)12/h4,9H,3H2,1-2H3,(H2,13,14). The molecule has 1 heterocycles. The van der Waals surface area contributed by atoms with Gasteiger partial charge < -0.3 is 15.2 Å². The summed E-state index contributed by atoms with van der Waals surface area (Å²) in [5.41, 5.74) is 4.48. The fourth-order valence-electron chi connectivity index (χ4n) is 1.24. The first-order valence-corrected chi connectivity index (χ1v) is 4.80. The molecule has 1 aromatic rings. The van der Waals surface area contributed by atoms with Crippen molar-refractivity contribution < 1.29 is 23.0 Å². The fourth-order valence-corrected chi connectivity index (χ4v) is 1.24. The Bertz CT molecular complexity index is 424. The quantitative estimate of drug-likeness (QED) is 0.820. The van der Waals surface area contributed by atoms with Crippen molar-refractivity contribution in [2.75, 3.05) is 19.5 Å². The molecule has 0 aliphatic rings. The van der Waals surface area contributed by atoms with Gasteiger partial charge in [-0.1, -0.05) is 0 Å². The molecule has 0 atom stereocenters. The van der Waals surface area contributed by atoms with Crippen LogP contribution in [0.3, 0.4) is 0 Å². The van der Waals surface area contributed by atoms with Crippen LogP contribution in [0.15, 0.2) is 6.07 Å². The van der Waals surface area contributed by atoms with Crippen molar-refractivity contribution in [1.29, 1.82) is 0 Å². The van der Waals surface area contributed by atoms with Crippen LogP contribution >= 0.6 is 0 Å². The molecule has 0 bridgehead atoms. The van der Waals surface area contributed by atoms with E-state index < -0.39 is 18.1 Å². The molecule has 0 aliphatic carbocycles. The van der Waals surface area contributed by atoms with Gasteiger partial charge in [-0.3, -0.25) is 0 Å². The van der Waals surface area contributed by atoms with E-state index in [-0.39, 0.29) is 23.7 Å². The Labute approximate surface area is 96.5 Å². The zero-order chi connectivity index (χ0) is 13.0. The molecule has 2 N–H and O–H groups in total. The molecule has 0 saturated carbocycles. The van der Waals surface area contributed by atoms with Gasteiger partial charge in [-0.25, -0.2) is 18.6 Å². The van der Waals surface area contributed by atoms with Gasteiger partial charge in [-0.2, -0.15) is 0 Å². The number of hydrogen-bond acceptors (Lipinski definition) is 5. The molecular weight excluding hydrogens is 234 g/mol. The summed E-state index contributed by atoms with van der Waals surface area (Å²) in [7, 11) is 1.26. The lowest BCUT2D eigenvalue weighted by Crippen LogP contribution is -2.12. The average molecular weight is 246 g/mol. The van der Waals surface area contributed by atoms with Crippen molar-refractivity contribution in [3.05, 3.63) is 17.5 Å². The van der Waals surface area contributed by atoms with Crippen molar-refractivity contribution in [3.8, 4) is 5.75 Å². The maximum absolute atomic E-state index is 12.5. The number of pyridine rings is 1. The number of rotatable bonds is 4. The van der Waals surface area contributed by atoms with E-state index in [4.69, 9.17) is 10.5 Å². The highest BCUT2D eigenvalue weighted by Crippen LogP contribution is 2.29. The Morgan fingerprint density at radius 2 is 2.24 bits per heavy atom. The number of carbonyl (C=O) groups is 1. The first-order valence-electron chi connectivity index (χ1n) is 4.80. The Balaban J connectivity index is 3.28. The van der Waals surface area contributed by atoms with Gasteiger partial charge in [0.15, 0.2) is 11.4 Å². The second kappa shape index (κ2) is 5.42. The van der Waals surface area contributed by atoms with E-state index in [1.54, 1.807) is 6.92 Å². The summed E-state index contributed by atoms with van der Waals surface area (Å²) in [4.78, 5) is 15.0. The second-order valence-electron chi connectivity index (χ2n) is 3.04. The van der Waals surface area contributed by atoms with E-state index in [1.807, 2.05) is 0 Å². The molecule has 0 fully saturated rings. The van der Waals surface area contributed by atoms with Crippen LogP contribution in [-0.4, -0.2) is 24.7 Å². The van der Waals surface area contributed by atoms with E-state index in [0.717, 1.165) is 6.07 Å². The maximum atomic E-state index is 12.5. The van der Waals surface area contributed by atoms with E-state index in [2.05, 4.69) is 9.72 Å². The number of alkyl halides is 2. The highest BCUT2D eigenvalue weighted by molar-refractivity contribution is 5.92. The van der Waals surface area contributed by atoms with Crippen LogP contribution in [0, 0.1) is 0 Å². The molecule has 1 aromatic heterocycles. The van der Waals surface area contributed by atoms with E-state index >= 15 is 0 Å². The van der Waals surface area contributed by atoms with E-state index in [9.17, 15) is 13.6 Å². The number of nitrogens with zero attached hydrogens (tertiary/aromatic N) is 1. The first-order chi connectivity index (χ1) is 8.01. The number of ether oxygens (including phenoxy) is 2. The van der Waals surface area contributed by atoms with Gasteiger partial charge in [0.1, 0.15) is 5.69 Å². The third kappa shape index (κ3) is 2.80. The summed E-state index contributed by atoms with van der Waals surface area (Å²) in [6.45, 7) is 1.69. The summed E-state index contributed by atoms with van der Waals surface area (Å²) < 4.78 is 34.5. The van der Waals surface area contributed by atoms with Crippen LogP contribution in [-0.2, 0) is 4.74 Å². The third-order valence-corrected chi connectivity index (χ3v) is 1.92. The monoisotopic (exact) mass is 246 g/mol. The summed E-state index contributed by atoms with van der Waals surface area (Å²) >= 11 is 0. The SMILES string of the molecule is CCOC(=O)c1nc(C(F)F)cc(N)c1OC. The van der Waals surface area contributed by atoms with Gasteiger partial charge in [0.25, 0.3) is 6.43 Å². The molecule has 0 spiro atoms. The number of nitrogens with two attached hydrogens (primary N) is 1. The molecule has 0 saturated heterocycles. The van der Waals surface area contributed by atoms with Gasteiger partial charge in [-0.05, 0) is 13.0 Å². The molecule has 7 heteroatoms. The molecular formula is C10H12F2N2O3. The average Bonchev–Trinajstić information content (AvgIpc) is 2.28. The van der Waals surface area contributed by atoms with Gasteiger partial charge in [0, 0.05) is 0 Å². The minimum absolute atomic E-state index is 0.0622. The van der Waals surface area contributed by atoms with Gasteiger partial charge in [-0.15, -0.1) is 0 Å². The predicted octanol–water partition coefficient (Wildman–Crippen LogP) is 1.79. The number of nitrogen functional groups attached to an aromatic ring is 1. The summed E-state index contributed by atoms with van der Waals surface area (Å²) in [5, 5.41) is 0. The molecule has 5 nitrogen and oxygen atoms in total. The molecule has 0 radical (unpaired) electrons. The number of carbonyl (C=O) groups excluding carboxylic acids is 1. The number of anilines is 1. The number of hydrogen-bond donors (Lipinski definition) is 1. The second-order valence-corrected chi connectivity index (χ2v) is 3.04. The van der Waals surface area contributed by atoms with Crippen LogP contribution in [0.1, 0.15) is 29.5 Å². The van der Waals surface area contributed by atoms with Crippen molar-refractivity contribution in [2.45, 2.75) is 13.3 Å². The molecule has 0 unspecified atom stereocenters. The van der Waals surface area contributed by atoms with Crippen molar-refractivity contribution in [3.63, 3.8) is 0 Å². The van der Waals surface area contributed by atoms with Crippen molar-refractivity contribution in [1.82, 2.24) is 4.98 Å². The molecule has 0 amide bonds. The van der Waals surface area contributed by atoms with Crippen LogP contribution < -0.4 is 10.5 Å². The summed E-state index contributed by atoms with van der Waals surface area (Å²) in [6, 6.07) is 0.965. The lowest BCUT2D eigenvalue weighted by Gasteiger charge is -2.11. The lowest BCUT2D eigenvalue weighted by molar-refractivity contribution is 0.0514. The Morgan fingerprint density at radius 3 is 2.71 bits per heavy atom. The fraction of sp³-hybridized carbons (Fsp3) is 0.400. The minimum Gasteiger partial charge on any atom is -0.492 e. The van der Waals surface area contributed by atoms with E-state index in [0.29, 0.717) is 0 Å². The summed E-state index contributed by atoms with van der Waals surface area (Å²) in [6.07, 6.45) is -2.82. The zero-order valence-electron chi connectivity index (χ0n) is 9.37. The molecule has 94 valence electrons. The number of esters is 1. The molecule has 1 rings (SSSR count). The number of aromatic nitrogens is 1. The number of methoxy groups -OCH3 is 1. The zero-order valence-corrected chi connectivity index (χ0v) is 9.37. The Kier molecular flexibility index (Phi) is 4.19. The Hall–Kier alpha value is -1.92. The normalized spacial score (nSPS) is 10.4. The van der Waals surface area contributed by atoms with Crippen molar-refractivity contribution in [2.24, 2.45) is 0 Å². The van der Waals surface area contributed by atoms with Gasteiger partial charge >= 0.3 is 5.97 Å². The predicted molar refractivity (Wildman–Crippen MR) is 56.1 cm³/mol. The molecule has 0 aromatic carbocycles. The van der Waals surface area contributed by atoms with Crippen LogP contribution in [0.4, 0.5) is 14.5 Å². The molecule has 17 heavy (non-hydrogen) atoms. The largest absolute Gasteiger partial charge is 0.492 e. The van der Waals surface area contributed by atoms with Gasteiger partial charge in [0.2, 0.25) is 0 Å². The van der Waals surface area contributed by atoms with Gasteiger partial charge in [0.05, 0.1) is 19.4 Å². The lowest BCUT2D eigenvalue weighted by atomic mass is 10.2. The summed E-state index contributed by atoms with van der Waals surface area (Å²) in [5.74, 6) is -0.911. The number of halogens is 2. The van der Waals surface area contributed by atoms with Crippen LogP contribution in [0.2, 0.25) is 0 Å². The van der Waals surface area contributed by atoms with Crippen molar-refractivity contribution >= 4 is 11.7 Å². The van der Waals surface area contributed by atoms with E-state index in [1.165, 1.54) is 7.11 Å². The first kappa shape index (κ1) is 13.1. The Morgan fingerprint density at radius 1 is 1.59 bits per heavy atom. The maximum Gasteiger partial charge on any atom is 0.360 e. The smallest absolute Gasteiger partial charge is 0.360 e. The van der Waals surface area contributed by atoms with Crippen LogP contribution in [0.5, 0.6) is 5.75 Å². The highest BCUT2D eigenvalue weighted by atomic mass is 19.3. The highest BCUT2D eigenvalue weighted by Gasteiger charge is 2.22.